The van der Waals surface area contributed by atoms with Crippen molar-refractivity contribution in [2.24, 2.45) is 5.73 Å². The minimum absolute atomic E-state index is 0.0727. The first-order valence-corrected chi connectivity index (χ1v) is 7.26. The molecule has 0 saturated carbocycles. The van der Waals surface area contributed by atoms with Crippen LogP contribution in [0.15, 0.2) is 25.3 Å². The highest BCUT2D eigenvalue weighted by Gasteiger charge is 2.25. The second-order valence-electron chi connectivity index (χ2n) is 5.84. The average Bonchev–Trinajstić information content (AvgIpc) is 2.46. The third kappa shape index (κ3) is 9.59. The molecule has 0 fully saturated rings. The molecule has 0 aromatic carbocycles. The molecule has 1 amide bonds. The quantitative estimate of drug-likeness (QED) is 0.460. The van der Waals surface area contributed by atoms with Gasteiger partial charge in [-0.15, -0.1) is 0 Å². The van der Waals surface area contributed by atoms with Crippen molar-refractivity contribution in [1.82, 2.24) is 5.32 Å². The van der Waals surface area contributed by atoms with Crippen molar-refractivity contribution in [2.45, 2.75) is 44.9 Å². The lowest BCUT2D eigenvalue weighted by atomic mass is 10.0. The van der Waals surface area contributed by atoms with Gasteiger partial charge in [0.05, 0.1) is 18.8 Å². The summed E-state index contributed by atoms with van der Waals surface area (Å²) in [5.74, 6) is -0.714. The minimum Gasteiger partial charge on any atom is -0.444 e. The molecule has 0 bridgehead atoms. The Morgan fingerprint density at radius 2 is 1.83 bits per heavy atom. The second-order valence-corrected chi connectivity index (χ2v) is 5.84. The van der Waals surface area contributed by atoms with E-state index in [1.807, 2.05) is 0 Å². The number of ether oxygens (including phenoxy) is 2. The number of ketones is 2. The van der Waals surface area contributed by atoms with E-state index in [0.29, 0.717) is 0 Å². The first-order chi connectivity index (χ1) is 10.6. The van der Waals surface area contributed by atoms with Crippen molar-refractivity contribution in [3.63, 3.8) is 0 Å². The standard InChI is InChI=1S/C16H26N2O5/c1-6-11(19)10-13(14(17)12(20)7-2)22-9-8-18-15(21)23-16(3,4)5/h6-7,13-14H,1-2,8-10,17H2,3-5H3,(H,18,21). The van der Waals surface area contributed by atoms with Gasteiger partial charge in [-0.3, -0.25) is 9.59 Å². The number of carbonyl (C=O) groups excluding carboxylic acids is 3. The largest absolute Gasteiger partial charge is 0.444 e. The topological polar surface area (TPSA) is 108 Å². The maximum atomic E-state index is 11.6. The summed E-state index contributed by atoms with van der Waals surface area (Å²) in [5.41, 5.74) is 5.16. The van der Waals surface area contributed by atoms with Crippen molar-refractivity contribution in [2.75, 3.05) is 13.2 Å². The number of alkyl carbamates (subject to hydrolysis) is 1. The van der Waals surface area contributed by atoms with Crippen LogP contribution >= 0.6 is 0 Å². The number of hydrogen-bond donors (Lipinski definition) is 2. The van der Waals surface area contributed by atoms with Crippen LogP contribution in [0.4, 0.5) is 4.79 Å². The van der Waals surface area contributed by atoms with E-state index in [2.05, 4.69) is 18.5 Å². The number of allylic oxidation sites excluding steroid dienone is 1. The summed E-state index contributed by atoms with van der Waals surface area (Å²) in [6.07, 6.45) is 0.757. The van der Waals surface area contributed by atoms with Gasteiger partial charge in [0.2, 0.25) is 0 Å². The van der Waals surface area contributed by atoms with Crippen LogP contribution in [0.25, 0.3) is 0 Å². The van der Waals surface area contributed by atoms with Gasteiger partial charge in [0, 0.05) is 13.0 Å². The second kappa shape index (κ2) is 9.91. The zero-order chi connectivity index (χ0) is 18.0. The molecule has 23 heavy (non-hydrogen) atoms. The van der Waals surface area contributed by atoms with Gasteiger partial charge in [-0.2, -0.15) is 0 Å². The fourth-order valence-corrected chi connectivity index (χ4v) is 1.57. The van der Waals surface area contributed by atoms with Crippen LogP contribution in [-0.4, -0.2) is 48.6 Å². The molecule has 0 rings (SSSR count). The van der Waals surface area contributed by atoms with Gasteiger partial charge in [0.1, 0.15) is 5.60 Å². The van der Waals surface area contributed by atoms with Gasteiger partial charge in [-0.25, -0.2) is 4.79 Å². The zero-order valence-corrected chi connectivity index (χ0v) is 14.0. The van der Waals surface area contributed by atoms with E-state index in [9.17, 15) is 14.4 Å². The molecule has 0 saturated heterocycles. The van der Waals surface area contributed by atoms with Crippen molar-refractivity contribution in [3.05, 3.63) is 25.3 Å². The van der Waals surface area contributed by atoms with E-state index in [0.717, 1.165) is 12.2 Å². The Kier molecular flexibility index (Phi) is 9.05. The summed E-state index contributed by atoms with van der Waals surface area (Å²) in [6, 6.07) is -1.00. The first kappa shape index (κ1) is 21.0. The fraction of sp³-hybridized carbons (Fsp3) is 0.562. The minimum atomic E-state index is -1.00. The number of nitrogens with two attached hydrogens (primary N) is 1. The Hall–Kier alpha value is -1.99. The van der Waals surface area contributed by atoms with Crippen LogP contribution in [0, 0.1) is 0 Å². The molecule has 0 aliphatic carbocycles. The van der Waals surface area contributed by atoms with Crippen LogP contribution in [0.2, 0.25) is 0 Å². The molecule has 0 aliphatic rings. The first-order valence-electron chi connectivity index (χ1n) is 7.26. The number of rotatable bonds is 10. The number of hydrogen-bond acceptors (Lipinski definition) is 6. The van der Waals surface area contributed by atoms with Crippen LogP contribution in [0.5, 0.6) is 0 Å². The highest BCUT2D eigenvalue weighted by Crippen LogP contribution is 2.07. The Labute approximate surface area is 136 Å². The lowest BCUT2D eigenvalue weighted by Crippen LogP contribution is -2.44. The third-order valence-electron chi connectivity index (χ3n) is 2.66. The molecular weight excluding hydrogens is 300 g/mol. The van der Waals surface area contributed by atoms with E-state index in [1.165, 1.54) is 0 Å². The van der Waals surface area contributed by atoms with E-state index >= 15 is 0 Å². The van der Waals surface area contributed by atoms with Crippen LogP contribution in [0.1, 0.15) is 27.2 Å². The molecule has 0 spiro atoms. The fourth-order valence-electron chi connectivity index (χ4n) is 1.57. The van der Waals surface area contributed by atoms with E-state index in [4.69, 9.17) is 15.2 Å². The Morgan fingerprint density at radius 1 is 1.22 bits per heavy atom. The molecule has 130 valence electrons. The van der Waals surface area contributed by atoms with Gasteiger partial charge < -0.3 is 20.5 Å². The van der Waals surface area contributed by atoms with Gasteiger partial charge >= 0.3 is 6.09 Å². The van der Waals surface area contributed by atoms with Crippen molar-refractivity contribution in [1.29, 1.82) is 0 Å². The Balaban J connectivity index is 4.42. The molecular formula is C16H26N2O5. The number of nitrogens with one attached hydrogen (secondary N) is 1. The van der Waals surface area contributed by atoms with Crippen LogP contribution in [0.3, 0.4) is 0 Å². The summed E-state index contributed by atoms with van der Waals surface area (Å²) < 4.78 is 10.5. The Morgan fingerprint density at radius 3 is 2.30 bits per heavy atom. The summed E-state index contributed by atoms with van der Waals surface area (Å²) in [7, 11) is 0. The lowest BCUT2D eigenvalue weighted by molar-refractivity contribution is -0.122. The normalized spacial score (nSPS) is 13.6. The third-order valence-corrected chi connectivity index (χ3v) is 2.66. The predicted molar refractivity (Wildman–Crippen MR) is 87.0 cm³/mol. The maximum absolute atomic E-state index is 11.6. The molecule has 0 radical (unpaired) electrons. The summed E-state index contributed by atoms with van der Waals surface area (Å²) in [5, 5.41) is 2.51. The van der Waals surface area contributed by atoms with Crippen molar-refractivity contribution in [3.8, 4) is 0 Å². The predicted octanol–water partition coefficient (Wildman–Crippen LogP) is 1.12. The summed E-state index contributed by atoms with van der Waals surface area (Å²) in [6.45, 7) is 12.2. The smallest absolute Gasteiger partial charge is 0.407 e. The molecule has 3 N–H and O–H groups in total. The van der Waals surface area contributed by atoms with Crippen molar-refractivity contribution < 1.29 is 23.9 Å². The van der Waals surface area contributed by atoms with Crippen LogP contribution < -0.4 is 11.1 Å². The average molecular weight is 326 g/mol. The maximum Gasteiger partial charge on any atom is 0.407 e. The summed E-state index contributed by atoms with van der Waals surface area (Å²) >= 11 is 0. The monoisotopic (exact) mass is 326 g/mol. The van der Waals surface area contributed by atoms with E-state index in [-0.39, 0.29) is 25.4 Å². The van der Waals surface area contributed by atoms with Gasteiger partial charge in [-0.05, 0) is 32.9 Å². The van der Waals surface area contributed by atoms with Gasteiger partial charge in [0.25, 0.3) is 0 Å². The van der Waals surface area contributed by atoms with E-state index in [1.54, 1.807) is 20.8 Å². The molecule has 0 aromatic rings. The molecule has 0 heterocycles. The van der Waals surface area contributed by atoms with E-state index < -0.39 is 29.6 Å². The lowest BCUT2D eigenvalue weighted by Gasteiger charge is -2.22. The SMILES string of the molecule is C=CC(=O)CC(OCCNC(=O)OC(C)(C)C)C(N)C(=O)C=C. The van der Waals surface area contributed by atoms with Crippen molar-refractivity contribution >= 4 is 17.7 Å². The molecule has 0 aliphatic heterocycles. The Bertz CT molecular complexity index is 454. The number of carbonyl (C=O) groups is 3. The summed E-state index contributed by atoms with van der Waals surface area (Å²) in [4.78, 5) is 34.5. The molecule has 7 nitrogen and oxygen atoms in total. The molecule has 7 heteroatoms. The molecule has 0 aromatic heterocycles. The molecule has 2 atom stereocenters. The zero-order valence-electron chi connectivity index (χ0n) is 14.0. The highest BCUT2D eigenvalue weighted by molar-refractivity contribution is 5.95. The van der Waals surface area contributed by atoms with Gasteiger partial charge in [-0.1, -0.05) is 13.2 Å². The highest BCUT2D eigenvalue weighted by atomic mass is 16.6. The number of amides is 1. The molecule has 2 unspecified atom stereocenters. The van der Waals surface area contributed by atoms with Gasteiger partial charge in [0.15, 0.2) is 11.6 Å². The van der Waals surface area contributed by atoms with Crippen LogP contribution in [-0.2, 0) is 19.1 Å².